The largest absolute Gasteiger partial charge is 0.469 e. The number of rotatable bonds is 7. The van der Waals surface area contributed by atoms with Crippen LogP contribution in [0.1, 0.15) is 85.0 Å². The third-order valence-corrected chi connectivity index (χ3v) is 12.0. The zero-order chi connectivity index (χ0) is 28.1. The summed E-state index contributed by atoms with van der Waals surface area (Å²) in [6.07, 6.45) is 6.37. The maximum absolute atomic E-state index is 11.8. The van der Waals surface area contributed by atoms with E-state index in [4.69, 9.17) is 14.2 Å². The third-order valence-electron chi connectivity index (χ3n) is 12.0. The number of hydrogen-bond donors (Lipinski definition) is 4. The standard InChI is InChI=1S/C31H50O8/c1-17(5-10-25(33)37-4)21-8-9-22-20-7-6-18-15-19(11-13-30(18,2)23(20)12-14-31(21,22)3)38-29-28(36)27(35)26(34)24(16-32)39-29/h6,17,19-24,26-29,32,34-36H,5,7-16H2,1-4H3/t17?,19?,20?,21?,22?,23?,24-,26-,27-,28-,29-,30?,31?/m1/s1. The first-order chi connectivity index (χ1) is 18.5. The Balaban J connectivity index is 1.25. The molecule has 5 rings (SSSR count). The Morgan fingerprint density at radius 1 is 1.08 bits per heavy atom. The van der Waals surface area contributed by atoms with Crippen LogP contribution < -0.4 is 0 Å². The second-order valence-electron chi connectivity index (χ2n) is 13.8. The summed E-state index contributed by atoms with van der Waals surface area (Å²) in [6.45, 7) is 6.87. The normalized spacial score (nSPS) is 48.4. The summed E-state index contributed by atoms with van der Waals surface area (Å²) >= 11 is 0. The molecule has 1 aliphatic heterocycles. The lowest BCUT2D eigenvalue weighted by Gasteiger charge is -2.58. The van der Waals surface area contributed by atoms with E-state index in [-0.39, 0.29) is 17.5 Å². The molecule has 0 spiro atoms. The predicted octanol–water partition coefficient (Wildman–Crippen LogP) is 3.34. The van der Waals surface area contributed by atoms with Gasteiger partial charge in [0.15, 0.2) is 6.29 Å². The van der Waals surface area contributed by atoms with Crippen molar-refractivity contribution in [2.24, 2.45) is 40.4 Å². The first-order valence-corrected chi connectivity index (χ1v) is 15.3. The molecule has 1 heterocycles. The molecule has 4 N–H and O–H groups in total. The van der Waals surface area contributed by atoms with E-state index in [2.05, 4.69) is 26.8 Å². The van der Waals surface area contributed by atoms with Crippen LogP contribution in [0.25, 0.3) is 0 Å². The van der Waals surface area contributed by atoms with Crippen LogP contribution in [0.3, 0.4) is 0 Å². The number of esters is 1. The van der Waals surface area contributed by atoms with Gasteiger partial charge in [-0.15, -0.1) is 0 Å². The lowest BCUT2D eigenvalue weighted by molar-refractivity contribution is -0.313. The molecule has 8 heteroatoms. The van der Waals surface area contributed by atoms with Crippen molar-refractivity contribution in [3.63, 3.8) is 0 Å². The van der Waals surface area contributed by atoms with Gasteiger partial charge in [0, 0.05) is 6.42 Å². The highest BCUT2D eigenvalue weighted by molar-refractivity contribution is 5.69. The number of hydrogen-bond acceptors (Lipinski definition) is 8. The van der Waals surface area contributed by atoms with Crippen molar-refractivity contribution < 1.29 is 39.4 Å². The van der Waals surface area contributed by atoms with Crippen LogP contribution in [0, 0.1) is 40.4 Å². The molecule has 0 aromatic carbocycles. The number of fused-ring (bicyclic) bond motifs is 5. The second kappa shape index (κ2) is 11.3. The van der Waals surface area contributed by atoms with Crippen LogP contribution in [0.2, 0.25) is 0 Å². The van der Waals surface area contributed by atoms with Crippen LogP contribution in [-0.4, -0.2) is 76.9 Å². The lowest BCUT2D eigenvalue weighted by Crippen LogP contribution is -2.60. The third kappa shape index (κ3) is 5.12. The zero-order valence-electron chi connectivity index (χ0n) is 24.1. The Labute approximate surface area is 233 Å². The van der Waals surface area contributed by atoms with Gasteiger partial charge in [0.25, 0.3) is 0 Å². The summed E-state index contributed by atoms with van der Waals surface area (Å²) in [7, 11) is 1.47. The van der Waals surface area contributed by atoms with Crippen molar-refractivity contribution >= 4 is 5.97 Å². The SMILES string of the molecule is COC(=O)CCC(C)C1CCC2C3CC=C4CC(O[C@@H]5O[C@H](CO)[C@@H](O)[C@@H](O)[C@H]5O)CCC4(C)C3CCC12C. The fraction of sp³-hybridized carbons (Fsp3) is 0.903. The molecule has 0 radical (unpaired) electrons. The van der Waals surface area contributed by atoms with Crippen molar-refractivity contribution in [2.75, 3.05) is 13.7 Å². The van der Waals surface area contributed by atoms with E-state index in [0.29, 0.717) is 35.5 Å². The first kappa shape index (κ1) is 29.5. The molecule has 0 aromatic heterocycles. The van der Waals surface area contributed by atoms with Gasteiger partial charge in [-0.25, -0.2) is 0 Å². The average molecular weight is 551 g/mol. The van der Waals surface area contributed by atoms with Crippen molar-refractivity contribution in [2.45, 2.75) is 122 Å². The van der Waals surface area contributed by atoms with Gasteiger partial charge in [0.05, 0.1) is 19.8 Å². The van der Waals surface area contributed by atoms with Crippen LogP contribution in [0.4, 0.5) is 0 Å². The Morgan fingerprint density at radius 2 is 1.85 bits per heavy atom. The number of ether oxygens (including phenoxy) is 3. The minimum absolute atomic E-state index is 0.103. The minimum Gasteiger partial charge on any atom is -0.469 e. The van der Waals surface area contributed by atoms with E-state index in [1.807, 2.05) is 0 Å². The van der Waals surface area contributed by atoms with Crippen LogP contribution in [0.15, 0.2) is 11.6 Å². The molecule has 0 aromatic rings. The summed E-state index contributed by atoms with van der Waals surface area (Å²) in [5.41, 5.74) is 1.93. The minimum atomic E-state index is -1.42. The van der Waals surface area contributed by atoms with E-state index >= 15 is 0 Å². The van der Waals surface area contributed by atoms with Crippen molar-refractivity contribution in [1.82, 2.24) is 0 Å². The van der Waals surface area contributed by atoms with Gasteiger partial charge < -0.3 is 34.6 Å². The summed E-state index contributed by atoms with van der Waals surface area (Å²) in [5, 5.41) is 40.2. The first-order valence-electron chi connectivity index (χ1n) is 15.3. The summed E-state index contributed by atoms with van der Waals surface area (Å²) in [5.74, 6) is 3.16. The topological polar surface area (TPSA) is 126 Å². The van der Waals surface area contributed by atoms with Gasteiger partial charge >= 0.3 is 5.97 Å². The highest BCUT2D eigenvalue weighted by Crippen LogP contribution is 2.67. The molecule has 0 amide bonds. The number of methoxy groups -OCH3 is 1. The van der Waals surface area contributed by atoms with E-state index in [1.165, 1.54) is 38.4 Å². The van der Waals surface area contributed by atoms with Gasteiger partial charge in [0.1, 0.15) is 24.4 Å². The molecular formula is C31H50O8. The Kier molecular flexibility index (Phi) is 8.56. The molecule has 39 heavy (non-hydrogen) atoms. The smallest absolute Gasteiger partial charge is 0.305 e. The maximum Gasteiger partial charge on any atom is 0.305 e. The number of aliphatic hydroxyl groups excluding tert-OH is 4. The number of aliphatic hydroxyl groups is 4. The van der Waals surface area contributed by atoms with Crippen LogP contribution in [-0.2, 0) is 19.0 Å². The van der Waals surface area contributed by atoms with Crippen molar-refractivity contribution in [3.8, 4) is 0 Å². The second-order valence-corrected chi connectivity index (χ2v) is 13.8. The quantitative estimate of drug-likeness (QED) is 0.281. The highest BCUT2D eigenvalue weighted by Gasteiger charge is 2.59. The molecule has 1 saturated heterocycles. The monoisotopic (exact) mass is 550 g/mol. The number of allylic oxidation sites excluding steroid dienone is 1. The molecule has 8 nitrogen and oxygen atoms in total. The molecule has 4 aliphatic carbocycles. The van der Waals surface area contributed by atoms with Crippen molar-refractivity contribution in [3.05, 3.63) is 11.6 Å². The fourth-order valence-electron chi connectivity index (χ4n) is 9.74. The van der Waals surface area contributed by atoms with E-state index in [1.54, 1.807) is 0 Å². The Hall–Kier alpha value is -1.03. The molecule has 4 fully saturated rings. The Bertz CT molecular complexity index is 920. The van der Waals surface area contributed by atoms with Gasteiger partial charge in [-0.1, -0.05) is 32.4 Å². The van der Waals surface area contributed by atoms with E-state index in [0.717, 1.165) is 38.0 Å². The summed E-state index contributed by atoms with van der Waals surface area (Å²) < 4.78 is 16.7. The van der Waals surface area contributed by atoms with Gasteiger partial charge in [-0.3, -0.25) is 4.79 Å². The van der Waals surface area contributed by atoms with E-state index in [9.17, 15) is 25.2 Å². The fourth-order valence-corrected chi connectivity index (χ4v) is 9.74. The maximum atomic E-state index is 11.8. The molecule has 5 aliphatic rings. The zero-order valence-corrected chi connectivity index (χ0v) is 24.1. The van der Waals surface area contributed by atoms with Gasteiger partial charge in [-0.2, -0.15) is 0 Å². The molecule has 8 unspecified atom stereocenters. The average Bonchev–Trinajstić information content (AvgIpc) is 3.29. The van der Waals surface area contributed by atoms with Crippen LogP contribution in [0.5, 0.6) is 0 Å². The molecule has 13 atom stereocenters. The Morgan fingerprint density at radius 3 is 2.56 bits per heavy atom. The molecule has 0 bridgehead atoms. The lowest BCUT2D eigenvalue weighted by atomic mass is 9.47. The van der Waals surface area contributed by atoms with Crippen LogP contribution >= 0.6 is 0 Å². The van der Waals surface area contributed by atoms with Gasteiger partial charge in [0.2, 0.25) is 0 Å². The summed E-state index contributed by atoms with van der Waals surface area (Å²) in [6, 6.07) is 0. The highest BCUT2D eigenvalue weighted by atomic mass is 16.7. The number of carbonyl (C=O) groups excluding carboxylic acids is 1. The summed E-state index contributed by atoms with van der Waals surface area (Å²) in [4.78, 5) is 11.8. The molecule has 3 saturated carbocycles. The number of carbonyl (C=O) groups is 1. The predicted molar refractivity (Wildman–Crippen MR) is 144 cm³/mol. The van der Waals surface area contributed by atoms with E-state index < -0.39 is 37.3 Å². The van der Waals surface area contributed by atoms with Gasteiger partial charge in [-0.05, 0) is 98.2 Å². The molecule has 222 valence electrons. The van der Waals surface area contributed by atoms with Crippen molar-refractivity contribution in [1.29, 1.82) is 0 Å². The molecular weight excluding hydrogens is 500 g/mol.